The normalized spacial score (nSPS) is 18.7. The van der Waals surface area contributed by atoms with E-state index >= 15 is 0 Å². The molecule has 0 aliphatic carbocycles. The van der Waals surface area contributed by atoms with Gasteiger partial charge in [-0.05, 0) is 25.3 Å². The van der Waals surface area contributed by atoms with Gasteiger partial charge < -0.3 is 13.9 Å². The Morgan fingerprint density at radius 2 is 2.24 bits per heavy atom. The van der Waals surface area contributed by atoms with Gasteiger partial charge in [0.05, 0.1) is 17.9 Å². The average molecular weight is 287 g/mol. The minimum Gasteiger partial charge on any atom is -0.469 e. The second kappa shape index (κ2) is 5.39. The van der Waals surface area contributed by atoms with Crippen molar-refractivity contribution in [1.82, 2.24) is 14.5 Å². The summed E-state index contributed by atoms with van der Waals surface area (Å²) >= 11 is 0. The van der Waals surface area contributed by atoms with Gasteiger partial charge in [-0.15, -0.1) is 0 Å². The van der Waals surface area contributed by atoms with Crippen molar-refractivity contribution < 1.29 is 9.21 Å². The van der Waals surface area contributed by atoms with Gasteiger partial charge in [0.2, 0.25) is 0 Å². The number of furan rings is 1. The van der Waals surface area contributed by atoms with E-state index in [2.05, 4.69) is 23.4 Å². The van der Waals surface area contributed by atoms with Crippen molar-refractivity contribution in [2.24, 2.45) is 5.92 Å². The second-order valence-corrected chi connectivity index (χ2v) is 5.91. The zero-order valence-corrected chi connectivity index (χ0v) is 12.7. The van der Waals surface area contributed by atoms with Crippen molar-refractivity contribution in [3.05, 3.63) is 41.9 Å². The van der Waals surface area contributed by atoms with Gasteiger partial charge in [-0.25, -0.2) is 4.98 Å². The summed E-state index contributed by atoms with van der Waals surface area (Å²) in [4.78, 5) is 19.4. The predicted octanol–water partition coefficient (Wildman–Crippen LogP) is 3.03. The molecule has 5 heteroatoms. The molecule has 0 radical (unpaired) electrons. The van der Waals surface area contributed by atoms with E-state index in [1.54, 1.807) is 12.3 Å². The maximum Gasteiger partial charge on any atom is 0.258 e. The Bertz CT molecular complexity index is 641. The Kier molecular flexibility index (Phi) is 3.57. The largest absolute Gasteiger partial charge is 0.469 e. The fraction of sp³-hybridized carbons (Fsp3) is 0.500. The molecule has 21 heavy (non-hydrogen) atoms. The highest BCUT2D eigenvalue weighted by Gasteiger charge is 2.34. The Labute approximate surface area is 124 Å². The minimum atomic E-state index is 0.00398. The molecule has 0 bridgehead atoms. The van der Waals surface area contributed by atoms with Crippen molar-refractivity contribution in [3.8, 4) is 0 Å². The van der Waals surface area contributed by atoms with Crippen LogP contribution in [-0.4, -0.2) is 26.9 Å². The number of hydrogen-bond donors (Lipinski definition) is 0. The molecule has 0 saturated heterocycles. The molecule has 0 N–H and O–H groups in total. The quantitative estimate of drug-likeness (QED) is 0.853. The number of carbonyl (C=O) groups excluding carboxylic acids is 1. The number of imidazole rings is 1. The smallest absolute Gasteiger partial charge is 0.258 e. The third-order valence-electron chi connectivity index (χ3n) is 4.13. The van der Waals surface area contributed by atoms with Crippen LogP contribution in [-0.2, 0) is 6.54 Å². The highest BCUT2D eigenvalue weighted by Crippen LogP contribution is 2.32. The first-order chi connectivity index (χ1) is 10.1. The van der Waals surface area contributed by atoms with E-state index in [9.17, 15) is 4.79 Å². The van der Waals surface area contributed by atoms with Crippen LogP contribution < -0.4 is 0 Å². The topological polar surface area (TPSA) is 51.3 Å². The Morgan fingerprint density at radius 3 is 2.90 bits per heavy atom. The van der Waals surface area contributed by atoms with E-state index in [0.717, 1.165) is 25.3 Å². The molecule has 3 heterocycles. The number of aromatic nitrogens is 2. The van der Waals surface area contributed by atoms with Crippen LogP contribution in [0.2, 0.25) is 0 Å². The zero-order valence-electron chi connectivity index (χ0n) is 12.7. The molecule has 1 aliphatic rings. The lowest BCUT2D eigenvalue weighted by Gasteiger charge is -2.32. The van der Waals surface area contributed by atoms with E-state index in [1.807, 2.05) is 24.2 Å². The van der Waals surface area contributed by atoms with E-state index < -0.39 is 0 Å². The monoisotopic (exact) mass is 287 g/mol. The van der Waals surface area contributed by atoms with Crippen molar-refractivity contribution in [2.45, 2.75) is 39.8 Å². The number of nitrogens with zero attached hydrogens (tertiary/aromatic N) is 3. The first-order valence-corrected chi connectivity index (χ1v) is 7.45. The first-order valence-electron chi connectivity index (χ1n) is 7.45. The van der Waals surface area contributed by atoms with Crippen molar-refractivity contribution in [3.63, 3.8) is 0 Å². The summed E-state index contributed by atoms with van der Waals surface area (Å²) in [7, 11) is 0. The third kappa shape index (κ3) is 2.37. The molecule has 1 atom stereocenters. The lowest BCUT2D eigenvalue weighted by atomic mass is 10.0. The summed E-state index contributed by atoms with van der Waals surface area (Å²) < 4.78 is 7.46. The number of amides is 1. The lowest BCUT2D eigenvalue weighted by molar-refractivity contribution is 0.0620. The standard InChI is InChI=1S/C16H21N3O2/c1-11(2)14-15-17-6-9-18(15)7-4-8-19(14)16(20)13-5-10-21-12(13)3/h5-6,9-11,14H,4,7-8H2,1-3H3. The molecule has 0 aromatic carbocycles. The van der Waals surface area contributed by atoms with Crippen molar-refractivity contribution in [2.75, 3.05) is 6.54 Å². The zero-order chi connectivity index (χ0) is 15.0. The van der Waals surface area contributed by atoms with Crippen molar-refractivity contribution in [1.29, 1.82) is 0 Å². The summed E-state index contributed by atoms with van der Waals surface area (Å²) in [6.45, 7) is 7.76. The van der Waals surface area contributed by atoms with Crippen LogP contribution in [0.1, 0.15) is 48.3 Å². The summed E-state index contributed by atoms with van der Waals surface area (Å²) in [6, 6.07) is 1.76. The Hall–Kier alpha value is -2.04. The predicted molar refractivity (Wildman–Crippen MR) is 78.9 cm³/mol. The van der Waals surface area contributed by atoms with Gasteiger partial charge in [0, 0.05) is 25.5 Å². The maximum absolute atomic E-state index is 12.9. The Morgan fingerprint density at radius 1 is 1.43 bits per heavy atom. The molecule has 1 aliphatic heterocycles. The van der Waals surface area contributed by atoms with E-state index in [-0.39, 0.29) is 11.9 Å². The molecule has 1 unspecified atom stereocenters. The summed E-state index contributed by atoms with van der Waals surface area (Å²) in [5, 5.41) is 0. The van der Waals surface area contributed by atoms with Gasteiger partial charge >= 0.3 is 0 Å². The van der Waals surface area contributed by atoms with Crippen molar-refractivity contribution >= 4 is 5.91 Å². The SMILES string of the molecule is Cc1occc1C(=O)N1CCCn2ccnc2C1C(C)C. The molecule has 112 valence electrons. The maximum atomic E-state index is 12.9. The summed E-state index contributed by atoms with van der Waals surface area (Å²) in [6.07, 6.45) is 6.34. The van der Waals surface area contributed by atoms with Crippen LogP contribution in [0.15, 0.2) is 29.1 Å². The molecule has 0 fully saturated rings. The summed E-state index contributed by atoms with van der Waals surface area (Å²) in [5.41, 5.74) is 0.653. The molecule has 2 aromatic rings. The Balaban J connectivity index is 2.00. The molecule has 0 spiro atoms. The lowest BCUT2D eigenvalue weighted by Crippen LogP contribution is -2.38. The van der Waals surface area contributed by atoms with Crippen LogP contribution in [0.5, 0.6) is 0 Å². The minimum absolute atomic E-state index is 0.00398. The first kappa shape index (κ1) is 13.9. The molecular weight excluding hydrogens is 266 g/mol. The second-order valence-electron chi connectivity index (χ2n) is 5.91. The average Bonchev–Trinajstić information content (AvgIpc) is 3.02. The number of rotatable bonds is 2. The molecule has 0 saturated carbocycles. The number of fused-ring (bicyclic) bond motifs is 1. The highest BCUT2D eigenvalue weighted by atomic mass is 16.3. The molecule has 1 amide bonds. The van der Waals surface area contributed by atoms with Crippen LogP contribution in [0.25, 0.3) is 0 Å². The fourth-order valence-corrected chi connectivity index (χ4v) is 3.11. The number of aryl methyl sites for hydroxylation is 2. The van der Waals surface area contributed by atoms with Crippen LogP contribution in [0, 0.1) is 12.8 Å². The molecule has 3 rings (SSSR count). The van der Waals surface area contributed by atoms with Gasteiger partial charge in [0.25, 0.3) is 5.91 Å². The van der Waals surface area contributed by atoms with E-state index in [1.165, 1.54) is 0 Å². The van der Waals surface area contributed by atoms with Crippen LogP contribution in [0.3, 0.4) is 0 Å². The fourth-order valence-electron chi connectivity index (χ4n) is 3.11. The molecule has 2 aromatic heterocycles. The van der Waals surface area contributed by atoms with Gasteiger partial charge in [-0.1, -0.05) is 13.8 Å². The molecular formula is C16H21N3O2. The van der Waals surface area contributed by atoms with Gasteiger partial charge in [0.1, 0.15) is 11.6 Å². The molecule has 5 nitrogen and oxygen atoms in total. The van der Waals surface area contributed by atoms with Crippen LogP contribution in [0.4, 0.5) is 0 Å². The van der Waals surface area contributed by atoms with E-state index in [0.29, 0.717) is 17.2 Å². The summed E-state index contributed by atoms with van der Waals surface area (Å²) in [5.74, 6) is 2.00. The van der Waals surface area contributed by atoms with E-state index in [4.69, 9.17) is 4.42 Å². The van der Waals surface area contributed by atoms with Gasteiger partial charge in [-0.2, -0.15) is 0 Å². The number of hydrogen-bond acceptors (Lipinski definition) is 3. The third-order valence-corrected chi connectivity index (χ3v) is 4.13. The van der Waals surface area contributed by atoms with Crippen LogP contribution >= 0.6 is 0 Å². The van der Waals surface area contributed by atoms with Gasteiger partial charge in [0.15, 0.2) is 0 Å². The van der Waals surface area contributed by atoms with Gasteiger partial charge in [-0.3, -0.25) is 4.79 Å². The highest BCUT2D eigenvalue weighted by molar-refractivity contribution is 5.95. The number of carbonyl (C=O) groups is 1.